The molecular weight excluding hydrogens is 395 g/mol. The minimum Gasteiger partial charge on any atom is -0.342 e. The van der Waals surface area contributed by atoms with Gasteiger partial charge in [0.15, 0.2) is 5.78 Å². The maximum atomic E-state index is 14.9. The summed E-state index contributed by atoms with van der Waals surface area (Å²) in [5.74, 6) is -0.279. The molecule has 2 saturated carbocycles. The van der Waals surface area contributed by atoms with Gasteiger partial charge in [-0.25, -0.2) is 4.39 Å². The highest BCUT2D eigenvalue weighted by Gasteiger charge is 2.35. The Morgan fingerprint density at radius 1 is 1.00 bits per heavy atom. The number of Topliss-reactive ketones (excluding diaryl/α,β-unsaturated/α-hetero) is 1. The summed E-state index contributed by atoms with van der Waals surface area (Å²) >= 11 is 0. The van der Waals surface area contributed by atoms with Crippen molar-refractivity contribution in [2.45, 2.75) is 76.7 Å². The molecule has 1 aromatic carbocycles. The Balaban J connectivity index is 1.38. The van der Waals surface area contributed by atoms with Crippen LogP contribution in [-0.4, -0.2) is 41.6 Å². The Kier molecular flexibility index (Phi) is 6.73. The fourth-order valence-corrected chi connectivity index (χ4v) is 5.23. The Bertz CT molecular complexity index is 837. The fraction of sp³-hybridized carbons (Fsp3) is 0.640. The summed E-state index contributed by atoms with van der Waals surface area (Å²) < 4.78 is 14.9. The van der Waals surface area contributed by atoms with Crippen LogP contribution in [0.3, 0.4) is 0 Å². The van der Waals surface area contributed by atoms with Crippen molar-refractivity contribution in [2.24, 2.45) is 11.8 Å². The molecule has 0 aromatic heterocycles. The van der Waals surface area contributed by atoms with E-state index in [1.54, 1.807) is 6.07 Å². The van der Waals surface area contributed by atoms with E-state index in [0.717, 1.165) is 56.9 Å². The van der Waals surface area contributed by atoms with Crippen molar-refractivity contribution in [3.8, 4) is 0 Å². The molecule has 2 aliphatic carbocycles. The number of piperidine rings is 1. The summed E-state index contributed by atoms with van der Waals surface area (Å²) in [4.78, 5) is 39.1. The van der Waals surface area contributed by atoms with Crippen LogP contribution in [0.15, 0.2) is 18.2 Å². The molecule has 0 unspecified atom stereocenters. The molecule has 0 spiro atoms. The summed E-state index contributed by atoms with van der Waals surface area (Å²) in [5.41, 5.74) is 0.870. The molecular formula is C25H33FN2O3. The lowest BCUT2D eigenvalue weighted by atomic mass is 9.82. The SMILES string of the molecule is CC(=O)[C@H](NC(=O)c1ccc(C2CCN(C(=O)C3CC3)CC2)cc1F)C1CCCCC1. The molecule has 0 radical (unpaired) electrons. The molecule has 3 fully saturated rings. The van der Waals surface area contributed by atoms with Gasteiger partial charge in [-0.05, 0) is 75.0 Å². The zero-order chi connectivity index (χ0) is 22.0. The third-order valence-corrected chi connectivity index (χ3v) is 7.29. The zero-order valence-corrected chi connectivity index (χ0v) is 18.4. The number of nitrogens with one attached hydrogen (secondary N) is 1. The normalized spacial score (nSPS) is 21.5. The molecule has 5 nitrogen and oxygen atoms in total. The number of ketones is 1. The second kappa shape index (κ2) is 9.49. The molecule has 1 aromatic rings. The van der Waals surface area contributed by atoms with E-state index >= 15 is 0 Å². The third-order valence-electron chi connectivity index (χ3n) is 7.29. The summed E-state index contributed by atoms with van der Waals surface area (Å²) in [5, 5.41) is 2.80. The molecule has 2 amide bonds. The first-order valence-corrected chi connectivity index (χ1v) is 11.8. The number of amides is 2. The molecule has 1 heterocycles. The molecule has 0 bridgehead atoms. The highest BCUT2D eigenvalue weighted by atomic mass is 19.1. The van der Waals surface area contributed by atoms with E-state index in [2.05, 4.69) is 5.32 Å². The number of hydrogen-bond acceptors (Lipinski definition) is 3. The van der Waals surface area contributed by atoms with Crippen molar-refractivity contribution in [3.63, 3.8) is 0 Å². The van der Waals surface area contributed by atoms with Crippen LogP contribution in [0.4, 0.5) is 4.39 Å². The van der Waals surface area contributed by atoms with Crippen LogP contribution in [0, 0.1) is 17.7 Å². The Morgan fingerprint density at radius 2 is 1.68 bits per heavy atom. The number of halogens is 1. The predicted molar refractivity (Wildman–Crippen MR) is 116 cm³/mol. The standard InChI is InChI=1S/C25H33FN2O3/c1-16(29)23(18-5-3-2-4-6-18)27-24(30)21-10-9-20(15-22(21)26)17-11-13-28(14-12-17)25(31)19-7-8-19/h9-10,15,17-19,23H,2-8,11-14H2,1H3,(H,27,30)/t23-/m0/s1. The molecule has 6 heteroatoms. The van der Waals surface area contributed by atoms with Crippen LogP contribution >= 0.6 is 0 Å². The van der Waals surface area contributed by atoms with E-state index in [-0.39, 0.29) is 35.0 Å². The largest absolute Gasteiger partial charge is 0.342 e. The number of benzene rings is 1. The summed E-state index contributed by atoms with van der Waals surface area (Å²) in [7, 11) is 0. The Labute approximate surface area is 183 Å². The van der Waals surface area contributed by atoms with Crippen LogP contribution in [0.1, 0.15) is 86.6 Å². The lowest BCUT2D eigenvalue weighted by Gasteiger charge is -2.32. The van der Waals surface area contributed by atoms with Crippen LogP contribution in [0.2, 0.25) is 0 Å². The van der Waals surface area contributed by atoms with E-state index in [1.165, 1.54) is 19.4 Å². The number of likely N-dealkylation sites (tertiary alicyclic amines) is 1. The highest BCUT2D eigenvalue weighted by molar-refractivity contribution is 5.97. The van der Waals surface area contributed by atoms with Crippen molar-refractivity contribution < 1.29 is 18.8 Å². The van der Waals surface area contributed by atoms with E-state index < -0.39 is 17.8 Å². The van der Waals surface area contributed by atoms with Crippen molar-refractivity contribution in [1.82, 2.24) is 10.2 Å². The van der Waals surface area contributed by atoms with Gasteiger partial charge in [0.25, 0.3) is 5.91 Å². The minimum absolute atomic E-state index is 0.00726. The van der Waals surface area contributed by atoms with Gasteiger partial charge in [0, 0.05) is 19.0 Å². The van der Waals surface area contributed by atoms with E-state index in [4.69, 9.17) is 0 Å². The second-order valence-corrected chi connectivity index (χ2v) is 9.57. The quantitative estimate of drug-likeness (QED) is 0.738. The molecule has 1 saturated heterocycles. The van der Waals surface area contributed by atoms with E-state index in [9.17, 15) is 18.8 Å². The highest BCUT2D eigenvalue weighted by Crippen LogP contribution is 2.35. The fourth-order valence-electron chi connectivity index (χ4n) is 5.23. The second-order valence-electron chi connectivity index (χ2n) is 9.57. The van der Waals surface area contributed by atoms with Gasteiger partial charge in [-0.2, -0.15) is 0 Å². The smallest absolute Gasteiger partial charge is 0.254 e. The van der Waals surface area contributed by atoms with Gasteiger partial charge < -0.3 is 10.2 Å². The molecule has 3 aliphatic rings. The van der Waals surface area contributed by atoms with Crippen molar-refractivity contribution in [1.29, 1.82) is 0 Å². The maximum absolute atomic E-state index is 14.9. The van der Waals surface area contributed by atoms with Gasteiger partial charge in [0.2, 0.25) is 5.91 Å². The number of rotatable bonds is 6. The van der Waals surface area contributed by atoms with Crippen molar-refractivity contribution >= 4 is 17.6 Å². The monoisotopic (exact) mass is 428 g/mol. The zero-order valence-electron chi connectivity index (χ0n) is 18.4. The first-order chi connectivity index (χ1) is 14.9. The lowest BCUT2D eigenvalue weighted by molar-refractivity contribution is -0.133. The Morgan fingerprint density at radius 3 is 2.26 bits per heavy atom. The van der Waals surface area contributed by atoms with Crippen molar-refractivity contribution in [3.05, 3.63) is 35.1 Å². The first kappa shape index (κ1) is 22.0. The van der Waals surface area contributed by atoms with Crippen LogP contribution in [0.5, 0.6) is 0 Å². The van der Waals surface area contributed by atoms with Gasteiger partial charge >= 0.3 is 0 Å². The lowest BCUT2D eigenvalue weighted by Crippen LogP contribution is -2.45. The number of carbonyl (C=O) groups excluding carboxylic acids is 3. The van der Waals surface area contributed by atoms with Crippen LogP contribution in [-0.2, 0) is 9.59 Å². The van der Waals surface area contributed by atoms with Crippen molar-refractivity contribution in [2.75, 3.05) is 13.1 Å². The molecule has 1 atom stereocenters. The molecule has 1 aliphatic heterocycles. The summed E-state index contributed by atoms with van der Waals surface area (Å²) in [6.07, 6.45) is 8.81. The number of hydrogen-bond donors (Lipinski definition) is 1. The topological polar surface area (TPSA) is 66.5 Å². The predicted octanol–water partition coefficient (Wildman–Crippen LogP) is 4.21. The summed E-state index contributed by atoms with van der Waals surface area (Å²) in [6, 6.07) is 4.28. The average Bonchev–Trinajstić information content (AvgIpc) is 3.63. The number of nitrogens with zero attached hydrogens (tertiary/aromatic N) is 1. The van der Waals surface area contributed by atoms with Crippen LogP contribution < -0.4 is 5.32 Å². The minimum atomic E-state index is -0.544. The van der Waals surface area contributed by atoms with Crippen LogP contribution in [0.25, 0.3) is 0 Å². The third kappa shape index (κ3) is 5.16. The molecule has 4 rings (SSSR count). The maximum Gasteiger partial charge on any atom is 0.254 e. The average molecular weight is 429 g/mol. The molecule has 168 valence electrons. The summed E-state index contributed by atoms with van der Waals surface area (Å²) in [6.45, 7) is 2.93. The van der Waals surface area contributed by atoms with Gasteiger partial charge in [0.1, 0.15) is 5.82 Å². The number of carbonyl (C=O) groups is 3. The van der Waals surface area contributed by atoms with Gasteiger partial charge in [-0.1, -0.05) is 25.3 Å². The van der Waals surface area contributed by atoms with Gasteiger partial charge in [-0.3, -0.25) is 14.4 Å². The first-order valence-electron chi connectivity index (χ1n) is 11.8. The molecule has 1 N–H and O–H groups in total. The van der Waals surface area contributed by atoms with Gasteiger partial charge in [-0.15, -0.1) is 0 Å². The molecule has 31 heavy (non-hydrogen) atoms. The Hall–Kier alpha value is -2.24. The van der Waals surface area contributed by atoms with E-state index in [0.29, 0.717) is 13.1 Å². The van der Waals surface area contributed by atoms with Gasteiger partial charge in [0.05, 0.1) is 11.6 Å². The van der Waals surface area contributed by atoms with E-state index in [1.807, 2.05) is 11.0 Å².